The number of methoxy groups -OCH3 is 1. The summed E-state index contributed by atoms with van der Waals surface area (Å²) in [6, 6.07) is 12.6. The standard InChI is InChI=1S/C22H28F2N2O3/c1-6-26(15(2)3)18-10-8-17(9-11-18)21(27)25(4)14-16-7-12-19(28-5)20(13-16)29-22(23)24/h7-13,15,22H,6,14H2,1-5H3. The molecule has 0 bridgehead atoms. The minimum atomic E-state index is -2.95. The molecule has 0 fully saturated rings. The van der Waals surface area contributed by atoms with Crippen LogP contribution < -0.4 is 14.4 Å². The topological polar surface area (TPSA) is 42.0 Å². The Labute approximate surface area is 170 Å². The lowest BCUT2D eigenvalue weighted by atomic mass is 10.1. The number of rotatable bonds is 9. The normalized spacial score (nSPS) is 10.9. The maximum absolute atomic E-state index is 12.8. The van der Waals surface area contributed by atoms with E-state index in [1.807, 2.05) is 12.1 Å². The molecule has 0 N–H and O–H groups in total. The van der Waals surface area contributed by atoms with E-state index in [4.69, 9.17) is 4.74 Å². The SMILES string of the molecule is CCN(c1ccc(C(=O)N(C)Cc2ccc(OC)c(OC(F)F)c2)cc1)C(C)C. The quantitative estimate of drug-likeness (QED) is 0.600. The average molecular weight is 406 g/mol. The molecule has 2 aromatic rings. The molecule has 0 aliphatic heterocycles. The highest BCUT2D eigenvalue weighted by atomic mass is 19.3. The van der Waals surface area contributed by atoms with Crippen LogP contribution in [0.25, 0.3) is 0 Å². The van der Waals surface area contributed by atoms with Crippen molar-refractivity contribution in [3.63, 3.8) is 0 Å². The molecular formula is C22H28F2N2O3. The van der Waals surface area contributed by atoms with Gasteiger partial charge in [-0.15, -0.1) is 0 Å². The van der Waals surface area contributed by atoms with Crippen molar-refractivity contribution in [1.29, 1.82) is 0 Å². The number of carbonyl (C=O) groups excluding carboxylic acids is 1. The van der Waals surface area contributed by atoms with E-state index >= 15 is 0 Å². The lowest BCUT2D eigenvalue weighted by Crippen LogP contribution is -2.30. The fourth-order valence-electron chi connectivity index (χ4n) is 3.21. The van der Waals surface area contributed by atoms with Gasteiger partial charge in [0, 0.05) is 37.4 Å². The summed E-state index contributed by atoms with van der Waals surface area (Å²) >= 11 is 0. The van der Waals surface area contributed by atoms with Gasteiger partial charge in [0.2, 0.25) is 0 Å². The zero-order chi connectivity index (χ0) is 21.6. The van der Waals surface area contributed by atoms with Gasteiger partial charge in [0.1, 0.15) is 0 Å². The summed E-state index contributed by atoms with van der Waals surface area (Å²) in [5, 5.41) is 0. The number of ether oxygens (including phenoxy) is 2. The number of carbonyl (C=O) groups is 1. The van der Waals surface area contributed by atoms with Crippen LogP contribution in [0, 0.1) is 0 Å². The van der Waals surface area contributed by atoms with Crippen LogP contribution in [-0.2, 0) is 6.54 Å². The molecule has 0 aliphatic rings. The summed E-state index contributed by atoms with van der Waals surface area (Å²) < 4.78 is 34.7. The molecule has 29 heavy (non-hydrogen) atoms. The average Bonchev–Trinajstić information content (AvgIpc) is 2.68. The van der Waals surface area contributed by atoms with E-state index in [1.54, 1.807) is 31.3 Å². The van der Waals surface area contributed by atoms with Crippen LogP contribution in [0.2, 0.25) is 0 Å². The molecule has 5 nitrogen and oxygen atoms in total. The van der Waals surface area contributed by atoms with Gasteiger partial charge in [-0.3, -0.25) is 4.79 Å². The molecule has 0 heterocycles. The van der Waals surface area contributed by atoms with Crippen LogP contribution in [0.15, 0.2) is 42.5 Å². The molecule has 0 radical (unpaired) electrons. The van der Waals surface area contributed by atoms with Gasteiger partial charge < -0.3 is 19.3 Å². The van der Waals surface area contributed by atoms with E-state index in [0.29, 0.717) is 17.2 Å². The Morgan fingerprint density at radius 2 is 1.72 bits per heavy atom. The summed E-state index contributed by atoms with van der Waals surface area (Å²) in [6.45, 7) is 4.51. The van der Waals surface area contributed by atoms with Crippen LogP contribution in [0.4, 0.5) is 14.5 Å². The van der Waals surface area contributed by atoms with Crippen LogP contribution in [-0.4, -0.2) is 44.2 Å². The molecule has 1 amide bonds. The zero-order valence-corrected chi connectivity index (χ0v) is 17.5. The highest BCUT2D eigenvalue weighted by Gasteiger charge is 2.16. The Balaban J connectivity index is 2.12. The van der Waals surface area contributed by atoms with Crippen molar-refractivity contribution in [3.05, 3.63) is 53.6 Å². The highest BCUT2D eigenvalue weighted by Crippen LogP contribution is 2.30. The maximum Gasteiger partial charge on any atom is 0.387 e. The van der Waals surface area contributed by atoms with Crippen molar-refractivity contribution < 1.29 is 23.0 Å². The number of hydrogen-bond acceptors (Lipinski definition) is 4. The fraction of sp³-hybridized carbons (Fsp3) is 0.409. The van der Waals surface area contributed by atoms with Gasteiger partial charge in [-0.2, -0.15) is 8.78 Å². The van der Waals surface area contributed by atoms with E-state index in [0.717, 1.165) is 12.2 Å². The second-order valence-corrected chi connectivity index (χ2v) is 6.95. The first kappa shape index (κ1) is 22.5. The molecule has 7 heteroatoms. The van der Waals surface area contributed by atoms with Crippen molar-refractivity contribution in [1.82, 2.24) is 4.90 Å². The van der Waals surface area contributed by atoms with E-state index in [1.165, 1.54) is 18.1 Å². The molecule has 158 valence electrons. The lowest BCUT2D eigenvalue weighted by molar-refractivity contribution is -0.0512. The number of hydrogen-bond donors (Lipinski definition) is 0. The van der Waals surface area contributed by atoms with Crippen molar-refractivity contribution in [2.45, 2.75) is 40.0 Å². The monoisotopic (exact) mass is 406 g/mol. The van der Waals surface area contributed by atoms with Gasteiger partial charge in [-0.05, 0) is 62.7 Å². The Morgan fingerprint density at radius 1 is 1.07 bits per heavy atom. The fourth-order valence-corrected chi connectivity index (χ4v) is 3.21. The number of nitrogens with zero attached hydrogens (tertiary/aromatic N) is 2. The molecule has 0 aliphatic carbocycles. The number of halogens is 2. The summed E-state index contributed by atoms with van der Waals surface area (Å²) in [5.74, 6) is -0.000847. The minimum absolute atomic E-state index is 0.0569. The first-order chi connectivity index (χ1) is 13.8. The van der Waals surface area contributed by atoms with Gasteiger partial charge in [-0.1, -0.05) is 6.07 Å². The smallest absolute Gasteiger partial charge is 0.387 e. The van der Waals surface area contributed by atoms with Crippen molar-refractivity contribution in [2.24, 2.45) is 0 Å². The third-order valence-electron chi connectivity index (χ3n) is 4.62. The van der Waals surface area contributed by atoms with Crippen molar-refractivity contribution in [3.8, 4) is 11.5 Å². The van der Waals surface area contributed by atoms with E-state index < -0.39 is 6.61 Å². The highest BCUT2D eigenvalue weighted by molar-refractivity contribution is 5.94. The Kier molecular flexibility index (Phi) is 7.82. The number of alkyl halides is 2. The summed E-state index contributed by atoms with van der Waals surface area (Å²) in [6.07, 6.45) is 0. The van der Waals surface area contributed by atoms with Crippen molar-refractivity contribution >= 4 is 11.6 Å². The third kappa shape index (κ3) is 5.82. The van der Waals surface area contributed by atoms with E-state index in [9.17, 15) is 13.6 Å². The lowest BCUT2D eigenvalue weighted by Gasteiger charge is -2.27. The number of benzene rings is 2. The molecule has 0 aromatic heterocycles. The van der Waals surface area contributed by atoms with Gasteiger partial charge in [0.15, 0.2) is 11.5 Å². The van der Waals surface area contributed by atoms with Crippen LogP contribution >= 0.6 is 0 Å². The molecule has 0 atom stereocenters. The van der Waals surface area contributed by atoms with E-state index in [-0.39, 0.29) is 24.0 Å². The molecule has 0 unspecified atom stereocenters. The van der Waals surface area contributed by atoms with Crippen LogP contribution in [0.5, 0.6) is 11.5 Å². The predicted octanol–water partition coefficient (Wildman–Crippen LogP) is 4.80. The maximum atomic E-state index is 12.8. The molecule has 2 aromatic carbocycles. The second-order valence-electron chi connectivity index (χ2n) is 6.95. The zero-order valence-electron chi connectivity index (χ0n) is 17.5. The third-order valence-corrected chi connectivity index (χ3v) is 4.62. The summed E-state index contributed by atoms with van der Waals surface area (Å²) in [4.78, 5) is 16.5. The van der Waals surface area contributed by atoms with Crippen LogP contribution in [0.1, 0.15) is 36.7 Å². The van der Waals surface area contributed by atoms with Gasteiger partial charge in [-0.25, -0.2) is 0 Å². The Hall–Kier alpha value is -2.83. The molecule has 0 spiro atoms. The summed E-state index contributed by atoms with van der Waals surface area (Å²) in [5.41, 5.74) is 2.28. The van der Waals surface area contributed by atoms with Crippen LogP contribution in [0.3, 0.4) is 0 Å². The first-order valence-corrected chi connectivity index (χ1v) is 9.50. The molecule has 2 rings (SSSR count). The number of anilines is 1. The predicted molar refractivity (Wildman–Crippen MR) is 110 cm³/mol. The Morgan fingerprint density at radius 3 is 2.24 bits per heavy atom. The van der Waals surface area contributed by atoms with Gasteiger partial charge in [0.05, 0.1) is 7.11 Å². The van der Waals surface area contributed by atoms with Gasteiger partial charge >= 0.3 is 6.61 Å². The molecule has 0 saturated carbocycles. The molecule has 0 saturated heterocycles. The Bertz CT molecular complexity index is 810. The van der Waals surface area contributed by atoms with Gasteiger partial charge in [0.25, 0.3) is 5.91 Å². The molecular weight excluding hydrogens is 378 g/mol. The second kappa shape index (κ2) is 10.1. The summed E-state index contributed by atoms with van der Waals surface area (Å²) in [7, 11) is 3.05. The van der Waals surface area contributed by atoms with Crippen molar-refractivity contribution in [2.75, 3.05) is 25.6 Å². The van der Waals surface area contributed by atoms with E-state index in [2.05, 4.69) is 30.4 Å². The minimum Gasteiger partial charge on any atom is -0.493 e. The first-order valence-electron chi connectivity index (χ1n) is 9.50. The number of amides is 1. The largest absolute Gasteiger partial charge is 0.493 e.